The first-order valence-corrected chi connectivity index (χ1v) is 7.05. The van der Waals surface area contributed by atoms with Crippen molar-refractivity contribution in [2.75, 3.05) is 11.5 Å². The number of carbonyl (C=O) groups is 1. The number of halogens is 3. The van der Waals surface area contributed by atoms with Gasteiger partial charge in [0.2, 0.25) is 0 Å². The fraction of sp³-hybridized carbons (Fsp3) is 0.417. The molecule has 1 aromatic rings. The predicted octanol–water partition coefficient (Wildman–Crippen LogP) is 2.93. The summed E-state index contributed by atoms with van der Waals surface area (Å²) in [6, 6.07) is 6.06. The van der Waals surface area contributed by atoms with Gasteiger partial charge in [-0.3, -0.25) is 4.79 Å². The first kappa shape index (κ1) is 13.3. The molecule has 1 fully saturated rings. The van der Waals surface area contributed by atoms with Crippen LogP contribution in [0.4, 0.5) is 13.2 Å². The van der Waals surface area contributed by atoms with Gasteiger partial charge in [-0.1, -0.05) is 6.07 Å². The number of hydrogen-bond donors (Lipinski definition) is 0. The van der Waals surface area contributed by atoms with Gasteiger partial charge >= 0.3 is 6.36 Å². The first-order valence-electron chi connectivity index (χ1n) is 5.49. The highest BCUT2D eigenvalue weighted by Gasteiger charge is 2.33. The standard InChI is InChI=1S/C12H12F3O2S/c13-12(14,15)17-10-2-1-3-11(8-10)18-6-4-9(16)5-7-18/h1-3,8H,4-7H2/q+1. The maximum absolute atomic E-state index is 12.1. The van der Waals surface area contributed by atoms with Gasteiger partial charge in [0.25, 0.3) is 0 Å². The van der Waals surface area contributed by atoms with E-state index in [1.807, 2.05) is 0 Å². The van der Waals surface area contributed by atoms with Gasteiger partial charge in [0.1, 0.15) is 23.0 Å². The molecule has 0 atom stereocenters. The lowest BCUT2D eigenvalue weighted by atomic mass is 10.2. The SMILES string of the molecule is O=C1CC[S+](c2cccc(OC(F)(F)F)c2)CC1. The molecule has 6 heteroatoms. The van der Waals surface area contributed by atoms with Crippen molar-refractivity contribution in [3.05, 3.63) is 24.3 Å². The maximum atomic E-state index is 12.1. The Balaban J connectivity index is 2.09. The van der Waals surface area contributed by atoms with Crippen molar-refractivity contribution in [2.45, 2.75) is 24.1 Å². The Hall–Kier alpha value is -1.17. The van der Waals surface area contributed by atoms with Crippen molar-refractivity contribution in [3.8, 4) is 5.75 Å². The number of ketones is 1. The molecule has 0 aromatic heterocycles. The van der Waals surface area contributed by atoms with Crippen LogP contribution in [0.5, 0.6) is 5.75 Å². The third-order valence-electron chi connectivity index (χ3n) is 2.63. The average molecular weight is 277 g/mol. The molecule has 0 N–H and O–H groups in total. The fourth-order valence-corrected chi connectivity index (χ4v) is 3.97. The monoisotopic (exact) mass is 277 g/mol. The second kappa shape index (κ2) is 5.22. The topological polar surface area (TPSA) is 26.3 Å². The highest BCUT2D eigenvalue weighted by molar-refractivity contribution is 7.97. The van der Waals surface area contributed by atoms with E-state index in [0.717, 1.165) is 16.4 Å². The third kappa shape index (κ3) is 3.66. The van der Waals surface area contributed by atoms with Gasteiger partial charge in [0, 0.05) is 17.0 Å². The van der Waals surface area contributed by atoms with Gasteiger partial charge in [-0.05, 0) is 12.1 Å². The molecule has 0 bridgehead atoms. The van der Waals surface area contributed by atoms with Crippen molar-refractivity contribution >= 4 is 16.7 Å². The van der Waals surface area contributed by atoms with Crippen LogP contribution in [0.25, 0.3) is 0 Å². The summed E-state index contributed by atoms with van der Waals surface area (Å²) in [4.78, 5) is 12.0. The second-order valence-electron chi connectivity index (χ2n) is 3.96. The molecule has 98 valence electrons. The van der Waals surface area contributed by atoms with Crippen LogP contribution in [0.2, 0.25) is 0 Å². The molecule has 0 aliphatic carbocycles. The Morgan fingerprint density at radius 3 is 2.44 bits per heavy atom. The smallest absolute Gasteiger partial charge is 0.406 e. The molecule has 0 unspecified atom stereocenters. The molecule has 1 heterocycles. The molecule has 1 saturated heterocycles. The summed E-state index contributed by atoms with van der Waals surface area (Å²) in [7, 11) is -0.136. The molecule has 0 radical (unpaired) electrons. The largest absolute Gasteiger partial charge is 0.573 e. The van der Waals surface area contributed by atoms with Crippen molar-refractivity contribution in [1.29, 1.82) is 0 Å². The maximum Gasteiger partial charge on any atom is 0.573 e. The first-order chi connectivity index (χ1) is 8.44. The van der Waals surface area contributed by atoms with Crippen LogP contribution < -0.4 is 4.74 Å². The van der Waals surface area contributed by atoms with Crippen LogP contribution in [0.1, 0.15) is 12.8 Å². The summed E-state index contributed by atoms with van der Waals surface area (Å²) in [6.45, 7) is 0. The number of benzene rings is 1. The summed E-state index contributed by atoms with van der Waals surface area (Å²) >= 11 is 0. The van der Waals surface area contributed by atoms with Crippen LogP contribution >= 0.6 is 0 Å². The van der Waals surface area contributed by atoms with Gasteiger partial charge in [-0.15, -0.1) is 13.2 Å². The minimum absolute atomic E-state index is 0.136. The van der Waals surface area contributed by atoms with Crippen LogP contribution in [0.3, 0.4) is 0 Å². The number of hydrogen-bond acceptors (Lipinski definition) is 2. The quantitative estimate of drug-likeness (QED) is 0.777. The zero-order chi connectivity index (χ0) is 13.2. The van der Waals surface area contributed by atoms with E-state index >= 15 is 0 Å². The number of ether oxygens (including phenoxy) is 1. The van der Waals surface area contributed by atoms with Gasteiger partial charge in [0.15, 0.2) is 4.90 Å². The summed E-state index contributed by atoms with van der Waals surface area (Å²) in [6.07, 6.45) is -3.62. The molecule has 1 aromatic carbocycles. The minimum Gasteiger partial charge on any atom is -0.406 e. The molecule has 0 amide bonds. The van der Waals surface area contributed by atoms with E-state index in [4.69, 9.17) is 0 Å². The molecule has 2 rings (SSSR count). The molecule has 18 heavy (non-hydrogen) atoms. The fourth-order valence-electron chi connectivity index (χ4n) is 1.79. The predicted molar refractivity (Wildman–Crippen MR) is 62.7 cm³/mol. The Morgan fingerprint density at radius 2 is 1.83 bits per heavy atom. The molecule has 2 nitrogen and oxygen atoms in total. The van der Waals surface area contributed by atoms with E-state index in [1.165, 1.54) is 12.1 Å². The Kier molecular flexibility index (Phi) is 3.85. The Bertz CT molecular complexity index is 435. The van der Waals surface area contributed by atoms with E-state index in [0.29, 0.717) is 12.8 Å². The lowest BCUT2D eigenvalue weighted by molar-refractivity contribution is -0.274. The van der Waals surface area contributed by atoms with Gasteiger partial charge in [-0.2, -0.15) is 0 Å². The Labute approximate surface area is 105 Å². The van der Waals surface area contributed by atoms with Crippen molar-refractivity contribution in [3.63, 3.8) is 0 Å². The lowest BCUT2D eigenvalue weighted by Crippen LogP contribution is -2.24. The molecule has 1 aliphatic heterocycles. The van der Waals surface area contributed by atoms with E-state index < -0.39 is 6.36 Å². The zero-order valence-corrected chi connectivity index (χ0v) is 10.3. The third-order valence-corrected chi connectivity index (χ3v) is 4.94. The molecule has 0 spiro atoms. The van der Waals surface area contributed by atoms with Crippen LogP contribution in [-0.2, 0) is 15.7 Å². The summed E-state index contributed by atoms with van der Waals surface area (Å²) in [5, 5.41) is 0. The summed E-state index contributed by atoms with van der Waals surface area (Å²) in [5.74, 6) is 1.51. The van der Waals surface area contributed by atoms with Crippen molar-refractivity contribution in [2.24, 2.45) is 0 Å². The average Bonchev–Trinajstić information content (AvgIpc) is 2.28. The normalized spacial score (nSPS) is 17.8. The highest BCUT2D eigenvalue weighted by atomic mass is 32.2. The highest BCUT2D eigenvalue weighted by Crippen LogP contribution is 2.27. The van der Waals surface area contributed by atoms with Crippen LogP contribution in [0, 0.1) is 0 Å². The van der Waals surface area contributed by atoms with Crippen molar-refractivity contribution in [1.82, 2.24) is 0 Å². The van der Waals surface area contributed by atoms with E-state index in [9.17, 15) is 18.0 Å². The zero-order valence-electron chi connectivity index (χ0n) is 9.50. The van der Waals surface area contributed by atoms with Crippen LogP contribution in [0.15, 0.2) is 29.2 Å². The summed E-state index contributed by atoms with van der Waals surface area (Å²) in [5.41, 5.74) is 0. The van der Waals surface area contributed by atoms with Crippen LogP contribution in [-0.4, -0.2) is 23.7 Å². The summed E-state index contributed by atoms with van der Waals surface area (Å²) < 4.78 is 40.2. The molecular formula is C12H12F3O2S+. The van der Waals surface area contributed by atoms with Crippen molar-refractivity contribution < 1.29 is 22.7 Å². The number of Topliss-reactive ketones (excluding diaryl/α,β-unsaturated/α-hetero) is 1. The molecular weight excluding hydrogens is 265 g/mol. The van der Waals surface area contributed by atoms with Gasteiger partial charge in [-0.25, -0.2) is 0 Å². The van der Waals surface area contributed by atoms with Gasteiger partial charge in [0.05, 0.1) is 12.8 Å². The van der Waals surface area contributed by atoms with E-state index in [2.05, 4.69) is 4.74 Å². The number of rotatable bonds is 2. The lowest BCUT2D eigenvalue weighted by Gasteiger charge is -2.14. The number of carbonyl (C=O) groups excluding carboxylic acids is 1. The number of alkyl halides is 3. The second-order valence-corrected chi connectivity index (χ2v) is 6.24. The van der Waals surface area contributed by atoms with Gasteiger partial charge < -0.3 is 4.74 Å². The van der Waals surface area contributed by atoms with E-state index in [1.54, 1.807) is 12.1 Å². The minimum atomic E-state index is -4.66. The van der Waals surface area contributed by atoms with E-state index in [-0.39, 0.29) is 22.4 Å². The molecule has 1 aliphatic rings. The molecule has 0 saturated carbocycles. The Morgan fingerprint density at radius 1 is 1.17 bits per heavy atom.